The molecule has 1 aromatic rings. The molecule has 2 amide bonds. The Hall–Kier alpha value is -1.55. The zero-order chi connectivity index (χ0) is 22.4. The Morgan fingerprint density at radius 1 is 1.33 bits per heavy atom. The number of amides is 2. The first-order valence-corrected chi connectivity index (χ1v) is 11.0. The Morgan fingerprint density at radius 3 is 2.53 bits per heavy atom. The van der Waals surface area contributed by atoms with Gasteiger partial charge in [0.15, 0.2) is 0 Å². The number of anilines is 1. The summed E-state index contributed by atoms with van der Waals surface area (Å²) in [6, 6.07) is 4.35. The van der Waals surface area contributed by atoms with E-state index in [-0.39, 0.29) is 17.3 Å². The van der Waals surface area contributed by atoms with Crippen molar-refractivity contribution < 1.29 is 19.1 Å². The Morgan fingerprint density at radius 2 is 1.97 bits per heavy atom. The van der Waals surface area contributed by atoms with Gasteiger partial charge in [-0.1, -0.05) is 35.3 Å². The quantitative estimate of drug-likeness (QED) is 0.258. The predicted octanol–water partition coefficient (Wildman–Crippen LogP) is 3.78. The highest BCUT2D eigenvalue weighted by Gasteiger charge is 2.66. The molecule has 0 saturated carbocycles. The number of ether oxygens (including phenoxy) is 1. The second-order valence-electron chi connectivity index (χ2n) is 7.37. The third-order valence-electron chi connectivity index (χ3n) is 4.90. The number of hydrogen-bond acceptors (Lipinski definition) is 7. The maximum atomic E-state index is 13.1. The smallest absolute Gasteiger partial charge is 0.333 e. The molecule has 1 aromatic carbocycles. The number of esters is 1. The summed E-state index contributed by atoms with van der Waals surface area (Å²) in [5.74, 6) is -2.04. The fraction of sp³-hybridized carbons (Fsp3) is 0.500. The number of para-hydroxylation sites is 1. The topological polar surface area (TPSA) is 96.4 Å². The minimum atomic E-state index is -1.93. The van der Waals surface area contributed by atoms with Crippen molar-refractivity contribution in [1.29, 1.82) is 0 Å². The van der Waals surface area contributed by atoms with E-state index >= 15 is 0 Å². The van der Waals surface area contributed by atoms with Crippen molar-refractivity contribution in [2.24, 2.45) is 5.18 Å². The normalized spacial score (nSPS) is 24.7. The van der Waals surface area contributed by atoms with Gasteiger partial charge in [-0.15, -0.1) is 28.3 Å². The highest BCUT2D eigenvalue weighted by molar-refractivity contribution is 8.01. The van der Waals surface area contributed by atoms with Gasteiger partial charge in [0.2, 0.25) is 5.91 Å². The van der Waals surface area contributed by atoms with E-state index < -0.39 is 44.5 Å². The lowest BCUT2D eigenvalue weighted by Crippen LogP contribution is -2.71. The van der Waals surface area contributed by atoms with Crippen molar-refractivity contribution in [2.75, 3.05) is 10.8 Å². The number of carbonyl (C=O) groups excluding carboxylic acids is 3. The average molecular weight is 495 g/mol. The van der Waals surface area contributed by atoms with Gasteiger partial charge in [-0.3, -0.25) is 14.5 Å². The highest BCUT2D eigenvalue weighted by atomic mass is 35.5. The van der Waals surface area contributed by atoms with Crippen LogP contribution in [0.3, 0.4) is 0 Å². The minimum Gasteiger partial charge on any atom is -0.426 e. The second kappa shape index (κ2) is 8.18. The molecule has 30 heavy (non-hydrogen) atoms. The van der Waals surface area contributed by atoms with E-state index in [1.54, 1.807) is 32.0 Å². The van der Waals surface area contributed by atoms with Crippen LogP contribution in [0.2, 0.25) is 0 Å². The van der Waals surface area contributed by atoms with Gasteiger partial charge in [0.05, 0.1) is 11.6 Å². The molecule has 0 aromatic heterocycles. The number of thioether (sulfide) groups is 1. The molecule has 0 spiro atoms. The van der Waals surface area contributed by atoms with E-state index in [1.807, 2.05) is 0 Å². The molecule has 3 atom stereocenters. The third-order valence-corrected chi connectivity index (χ3v) is 7.53. The summed E-state index contributed by atoms with van der Waals surface area (Å²) in [6.07, 6.45) is 0. The van der Waals surface area contributed by atoms with Crippen molar-refractivity contribution in [3.8, 4) is 0 Å². The molecule has 12 heteroatoms. The molecule has 0 unspecified atom stereocenters. The number of benzene rings is 1. The largest absolute Gasteiger partial charge is 0.426 e. The molecule has 3 rings (SSSR count). The number of halogens is 3. The average Bonchev–Trinajstić information content (AvgIpc) is 2.93. The van der Waals surface area contributed by atoms with Crippen molar-refractivity contribution in [3.05, 3.63) is 29.2 Å². The van der Waals surface area contributed by atoms with E-state index in [0.29, 0.717) is 0 Å². The van der Waals surface area contributed by atoms with Crippen LogP contribution in [0.25, 0.3) is 0 Å². The molecule has 0 bridgehead atoms. The lowest BCUT2D eigenvalue weighted by Gasteiger charge is -2.48. The summed E-state index contributed by atoms with van der Waals surface area (Å²) >= 11 is 18.6. The monoisotopic (exact) mass is 493 g/mol. The van der Waals surface area contributed by atoms with Crippen molar-refractivity contribution in [3.63, 3.8) is 0 Å². The van der Waals surface area contributed by atoms with Crippen LogP contribution in [0.15, 0.2) is 29.4 Å². The molecule has 2 fully saturated rings. The SMILES string of the molecule is CC(=O)N(c1ccccc1N=O)[C@@H]1C(=O)N2[C@@H]1SC(C)(C)[C@@H]2C(=O)OC(Cl)(Cl)CCl. The van der Waals surface area contributed by atoms with Crippen molar-refractivity contribution in [1.82, 2.24) is 4.90 Å². The van der Waals surface area contributed by atoms with E-state index in [4.69, 9.17) is 39.5 Å². The summed E-state index contributed by atoms with van der Waals surface area (Å²) in [5, 5.41) is 2.42. The van der Waals surface area contributed by atoms with E-state index in [9.17, 15) is 19.3 Å². The van der Waals surface area contributed by atoms with Crippen molar-refractivity contribution in [2.45, 2.75) is 47.5 Å². The molecule has 0 radical (unpaired) electrons. The van der Waals surface area contributed by atoms with Gasteiger partial charge >= 0.3 is 5.97 Å². The fourth-order valence-corrected chi connectivity index (χ4v) is 5.58. The maximum Gasteiger partial charge on any atom is 0.333 e. The predicted molar refractivity (Wildman–Crippen MR) is 116 cm³/mol. The fourth-order valence-electron chi connectivity index (χ4n) is 3.70. The van der Waals surface area contributed by atoms with Crippen LogP contribution in [0, 0.1) is 4.91 Å². The first-order valence-electron chi connectivity index (χ1n) is 8.84. The summed E-state index contributed by atoms with van der Waals surface area (Å²) < 4.78 is 2.41. The molecule has 162 valence electrons. The van der Waals surface area contributed by atoms with Gasteiger partial charge in [-0.05, 0) is 31.2 Å². The Bertz CT molecular complexity index is 913. The molecule has 2 heterocycles. The number of fused-ring (bicyclic) bond motifs is 1. The van der Waals surface area contributed by atoms with Crippen molar-refractivity contribution >= 4 is 75.7 Å². The van der Waals surface area contributed by atoms with Crippen LogP contribution >= 0.6 is 46.6 Å². The number of nitrogens with zero attached hydrogens (tertiary/aromatic N) is 3. The number of rotatable bonds is 6. The maximum absolute atomic E-state index is 13.1. The van der Waals surface area contributed by atoms with Crippen LogP contribution in [-0.2, 0) is 19.1 Å². The van der Waals surface area contributed by atoms with Crippen LogP contribution in [0.5, 0.6) is 0 Å². The zero-order valence-electron chi connectivity index (χ0n) is 16.2. The molecule has 2 aliphatic heterocycles. The molecule has 2 saturated heterocycles. The van der Waals surface area contributed by atoms with Gasteiger partial charge in [0.1, 0.15) is 23.1 Å². The van der Waals surface area contributed by atoms with Gasteiger partial charge in [-0.2, -0.15) is 0 Å². The standard InChI is InChI=1S/C18H18Cl3N3O5S/c1-9(25)23(11-7-5-4-6-10(11)22-28)12-14(26)24-13(17(2,3)30-15(12)24)16(27)29-18(20,21)8-19/h4-7,12-13,15H,8H2,1-3H3/t12-,13+,15-/m1/s1. The Balaban J connectivity index is 1.94. The summed E-state index contributed by atoms with van der Waals surface area (Å²) in [7, 11) is 0. The second-order valence-corrected chi connectivity index (χ2v) is 10.8. The van der Waals surface area contributed by atoms with Crippen LogP contribution in [0.1, 0.15) is 20.8 Å². The molecule has 0 N–H and O–H groups in total. The first kappa shape index (κ1) is 23.1. The van der Waals surface area contributed by atoms with Gasteiger partial charge in [0, 0.05) is 11.7 Å². The first-order chi connectivity index (χ1) is 13.9. The van der Waals surface area contributed by atoms with Crippen LogP contribution in [0.4, 0.5) is 11.4 Å². The molecular formula is C18H18Cl3N3O5S. The zero-order valence-corrected chi connectivity index (χ0v) is 19.3. The third kappa shape index (κ3) is 3.88. The van der Waals surface area contributed by atoms with E-state index in [0.717, 1.165) is 0 Å². The lowest BCUT2D eigenvalue weighted by atomic mass is 9.94. The lowest BCUT2D eigenvalue weighted by molar-refractivity contribution is -0.165. The number of carbonyl (C=O) groups is 3. The number of hydrogen-bond donors (Lipinski definition) is 0. The van der Waals surface area contributed by atoms with Gasteiger partial charge in [-0.25, -0.2) is 4.79 Å². The van der Waals surface area contributed by atoms with Gasteiger partial charge in [0.25, 0.3) is 10.4 Å². The van der Waals surface area contributed by atoms with E-state index in [1.165, 1.54) is 34.6 Å². The molecule has 0 aliphatic carbocycles. The molecule has 2 aliphatic rings. The van der Waals surface area contributed by atoms with E-state index in [2.05, 4.69) is 5.18 Å². The van der Waals surface area contributed by atoms with Gasteiger partial charge < -0.3 is 9.64 Å². The summed E-state index contributed by atoms with van der Waals surface area (Å²) in [5.41, 5.74) is 0.262. The number of nitroso groups, excluding NO2 is 1. The Labute approximate surface area is 192 Å². The summed E-state index contributed by atoms with van der Waals surface area (Å²) in [6.45, 7) is 4.84. The molecular weight excluding hydrogens is 477 g/mol. The minimum absolute atomic E-state index is 0.0355. The highest BCUT2D eigenvalue weighted by Crippen LogP contribution is 2.53. The number of alkyl halides is 3. The Kier molecular flexibility index (Phi) is 6.30. The van der Waals surface area contributed by atoms with Crippen LogP contribution in [-0.4, -0.2) is 55.3 Å². The summed E-state index contributed by atoms with van der Waals surface area (Å²) in [4.78, 5) is 52.1. The van der Waals surface area contributed by atoms with Crippen LogP contribution < -0.4 is 4.90 Å². The number of β-lactam (4-membered cyclic amide) rings is 1. The molecule has 8 nitrogen and oxygen atoms in total.